The molecular formula is C17H13O4P. The third kappa shape index (κ3) is 2.22. The zero-order valence-electron chi connectivity index (χ0n) is 11.6. The van der Waals surface area contributed by atoms with Crippen molar-refractivity contribution >= 4 is 36.8 Å². The van der Waals surface area contributed by atoms with Crippen LogP contribution < -0.4 is 10.4 Å². The van der Waals surface area contributed by atoms with Gasteiger partial charge in [0.1, 0.15) is 5.76 Å². The summed E-state index contributed by atoms with van der Waals surface area (Å²) in [4.78, 5) is 17.8. The molecule has 2 aliphatic carbocycles. The Bertz CT molecular complexity index is 1020. The van der Waals surface area contributed by atoms with Gasteiger partial charge in [-0.3, -0.25) is 9.79 Å². The molecule has 5 heteroatoms. The fraction of sp³-hybridized carbons (Fsp3) is 0.0588. The molecule has 0 unspecified atom stereocenters. The lowest BCUT2D eigenvalue weighted by Gasteiger charge is -2.14. The van der Waals surface area contributed by atoms with Crippen molar-refractivity contribution in [2.75, 3.05) is 0 Å². The Balaban J connectivity index is 1.90. The number of phosphoric acid groups is 1. The van der Waals surface area contributed by atoms with Crippen LogP contribution in [0.1, 0.15) is 11.1 Å². The molecule has 0 radical (unpaired) electrons. The molecule has 2 aliphatic rings. The largest absolute Gasteiger partial charge is 0.524 e. The van der Waals surface area contributed by atoms with Crippen LogP contribution in [0.4, 0.5) is 0 Å². The lowest BCUT2D eigenvalue weighted by molar-refractivity contribution is 0.249. The first kappa shape index (κ1) is 13.5. The zero-order chi connectivity index (χ0) is 15.3. The number of hydrogen-bond acceptors (Lipinski definition) is 2. The molecule has 0 bridgehead atoms. The molecule has 4 rings (SSSR count). The Morgan fingerprint density at radius 2 is 1.82 bits per heavy atom. The molecule has 4 nitrogen and oxygen atoms in total. The second-order valence-electron chi connectivity index (χ2n) is 5.36. The Morgan fingerprint density at radius 3 is 2.64 bits per heavy atom. The summed E-state index contributed by atoms with van der Waals surface area (Å²) in [6.45, 7) is 0. The third-order valence-corrected chi connectivity index (χ3v) is 4.44. The standard InChI is InChI=1S/C17H13O4P/c18-22(19,20)21-13-6-9-15-12(10-13)5-8-16-14-3-1-2-11(14)4-7-17(15)16/h1-8,10H,9H2,(H2,18,19,20). The van der Waals surface area contributed by atoms with Crippen molar-refractivity contribution in [3.63, 3.8) is 0 Å². The van der Waals surface area contributed by atoms with Crippen molar-refractivity contribution in [1.29, 1.82) is 0 Å². The van der Waals surface area contributed by atoms with Gasteiger partial charge in [-0.25, -0.2) is 4.57 Å². The van der Waals surface area contributed by atoms with Crippen LogP contribution in [-0.2, 0) is 15.5 Å². The van der Waals surface area contributed by atoms with Gasteiger partial charge in [-0.2, -0.15) is 0 Å². The number of rotatable bonds is 2. The fourth-order valence-corrected chi connectivity index (χ4v) is 3.49. The van der Waals surface area contributed by atoms with Crippen LogP contribution in [0.3, 0.4) is 0 Å². The summed E-state index contributed by atoms with van der Waals surface area (Å²) in [7, 11) is -4.52. The average molecular weight is 312 g/mol. The van der Waals surface area contributed by atoms with Gasteiger partial charge in [0.05, 0.1) is 0 Å². The van der Waals surface area contributed by atoms with Gasteiger partial charge in [0.25, 0.3) is 0 Å². The van der Waals surface area contributed by atoms with Gasteiger partial charge >= 0.3 is 7.82 Å². The fourth-order valence-electron chi connectivity index (χ4n) is 3.08. The number of phosphoric ester groups is 1. The maximum absolute atomic E-state index is 11.0. The minimum atomic E-state index is -4.52. The van der Waals surface area contributed by atoms with Crippen LogP contribution in [-0.4, -0.2) is 9.79 Å². The van der Waals surface area contributed by atoms with Crippen molar-refractivity contribution in [3.05, 3.63) is 63.7 Å². The summed E-state index contributed by atoms with van der Waals surface area (Å²) >= 11 is 0. The highest BCUT2D eigenvalue weighted by atomic mass is 31.2. The summed E-state index contributed by atoms with van der Waals surface area (Å²) in [6.07, 6.45) is 10.2. The summed E-state index contributed by atoms with van der Waals surface area (Å²) in [5.74, 6) is 0.217. The maximum atomic E-state index is 11.0. The van der Waals surface area contributed by atoms with Gasteiger partial charge in [0.2, 0.25) is 0 Å². The molecule has 0 amide bonds. The Labute approximate surface area is 126 Å². The number of allylic oxidation sites excluding steroid dienone is 3. The van der Waals surface area contributed by atoms with E-state index in [1.54, 1.807) is 12.2 Å². The monoisotopic (exact) mass is 312 g/mol. The van der Waals surface area contributed by atoms with Gasteiger partial charge < -0.3 is 4.52 Å². The molecule has 110 valence electrons. The van der Waals surface area contributed by atoms with Gasteiger partial charge in [0, 0.05) is 0 Å². The minimum absolute atomic E-state index is 0.217. The van der Waals surface area contributed by atoms with Crippen LogP contribution in [0.2, 0.25) is 0 Å². The van der Waals surface area contributed by atoms with E-state index in [2.05, 4.69) is 28.8 Å². The number of fused-ring (bicyclic) bond motifs is 5. The number of benzene rings is 2. The van der Waals surface area contributed by atoms with E-state index in [-0.39, 0.29) is 5.76 Å². The summed E-state index contributed by atoms with van der Waals surface area (Å²) < 4.78 is 15.6. The molecule has 0 aromatic heterocycles. The van der Waals surface area contributed by atoms with E-state index in [1.807, 2.05) is 18.2 Å². The van der Waals surface area contributed by atoms with Gasteiger partial charge in [0.15, 0.2) is 0 Å². The Kier molecular flexibility index (Phi) is 2.88. The molecule has 0 saturated heterocycles. The van der Waals surface area contributed by atoms with Crippen LogP contribution >= 0.6 is 7.82 Å². The SMILES string of the molecule is O=P(O)(O)OC1=CCc2c(ccc3c4c(ccc23)=CC=C4)=C1. The van der Waals surface area contributed by atoms with Gasteiger partial charge in [-0.15, -0.1) is 0 Å². The summed E-state index contributed by atoms with van der Waals surface area (Å²) in [5.41, 5.74) is 2.38. The molecule has 2 aromatic rings. The van der Waals surface area contributed by atoms with Crippen LogP contribution in [0.15, 0.2) is 42.2 Å². The van der Waals surface area contributed by atoms with Crippen molar-refractivity contribution in [1.82, 2.24) is 0 Å². The molecule has 2 aromatic carbocycles. The number of hydrogen-bond donors (Lipinski definition) is 2. The lowest BCUT2D eigenvalue weighted by atomic mass is 9.94. The molecule has 2 N–H and O–H groups in total. The minimum Gasteiger partial charge on any atom is -0.405 e. The highest BCUT2D eigenvalue weighted by molar-refractivity contribution is 7.46. The summed E-state index contributed by atoms with van der Waals surface area (Å²) in [6, 6.07) is 8.23. The van der Waals surface area contributed by atoms with E-state index < -0.39 is 7.82 Å². The quantitative estimate of drug-likeness (QED) is 0.832. The lowest BCUT2D eigenvalue weighted by Crippen LogP contribution is -2.15. The van der Waals surface area contributed by atoms with E-state index in [9.17, 15) is 4.57 Å². The third-order valence-electron chi connectivity index (χ3n) is 3.99. The topological polar surface area (TPSA) is 66.8 Å². The summed E-state index contributed by atoms with van der Waals surface area (Å²) in [5, 5.41) is 4.51. The molecule has 0 saturated carbocycles. The highest BCUT2D eigenvalue weighted by Crippen LogP contribution is 2.39. The van der Waals surface area contributed by atoms with Crippen molar-refractivity contribution in [2.45, 2.75) is 6.42 Å². The van der Waals surface area contributed by atoms with E-state index >= 15 is 0 Å². The first-order chi connectivity index (χ1) is 10.5. The predicted octanol–water partition coefficient (Wildman–Crippen LogP) is 1.98. The van der Waals surface area contributed by atoms with Crippen LogP contribution in [0.25, 0.3) is 29.0 Å². The second-order valence-corrected chi connectivity index (χ2v) is 6.52. The van der Waals surface area contributed by atoms with Crippen LogP contribution in [0, 0.1) is 0 Å². The van der Waals surface area contributed by atoms with E-state index in [0.29, 0.717) is 6.42 Å². The Morgan fingerprint density at radius 1 is 1.05 bits per heavy atom. The molecule has 0 atom stereocenters. The van der Waals surface area contributed by atoms with E-state index in [1.165, 1.54) is 21.6 Å². The van der Waals surface area contributed by atoms with Crippen LogP contribution in [0.5, 0.6) is 0 Å². The predicted molar refractivity (Wildman–Crippen MR) is 86.1 cm³/mol. The smallest absolute Gasteiger partial charge is 0.405 e. The van der Waals surface area contributed by atoms with E-state index in [4.69, 9.17) is 9.79 Å². The van der Waals surface area contributed by atoms with Crippen molar-refractivity contribution in [2.24, 2.45) is 0 Å². The molecule has 0 aliphatic heterocycles. The first-order valence-electron chi connectivity index (χ1n) is 6.91. The Hall–Kier alpha value is -2.13. The maximum Gasteiger partial charge on any atom is 0.524 e. The molecular weight excluding hydrogens is 299 g/mol. The normalized spacial score (nSPS) is 15.6. The molecule has 0 heterocycles. The van der Waals surface area contributed by atoms with Gasteiger partial charge in [-0.1, -0.05) is 42.5 Å². The zero-order valence-corrected chi connectivity index (χ0v) is 12.5. The second kappa shape index (κ2) is 4.68. The van der Waals surface area contributed by atoms with Gasteiger partial charge in [-0.05, 0) is 50.9 Å². The van der Waals surface area contributed by atoms with Crippen molar-refractivity contribution in [3.8, 4) is 0 Å². The average Bonchev–Trinajstić information content (AvgIpc) is 2.93. The molecule has 0 spiro atoms. The highest BCUT2D eigenvalue weighted by Gasteiger charge is 2.18. The van der Waals surface area contributed by atoms with E-state index in [0.717, 1.165) is 10.8 Å². The molecule has 22 heavy (non-hydrogen) atoms. The molecule has 0 fully saturated rings. The first-order valence-corrected chi connectivity index (χ1v) is 8.44. The van der Waals surface area contributed by atoms with Crippen molar-refractivity contribution < 1.29 is 18.9 Å².